The number of aromatic nitrogens is 1. The number of fused-ring (bicyclic) bond motifs is 2. The highest BCUT2D eigenvalue weighted by molar-refractivity contribution is 7.17. The lowest BCUT2D eigenvalue weighted by Gasteiger charge is -2.36. The molecule has 5 nitrogen and oxygen atoms in total. The van der Waals surface area contributed by atoms with Crippen LogP contribution in [0.5, 0.6) is 5.75 Å². The zero-order valence-corrected chi connectivity index (χ0v) is 18.7. The van der Waals surface area contributed by atoms with Crippen LogP contribution in [0.25, 0.3) is 21.0 Å². The van der Waals surface area contributed by atoms with E-state index in [1.54, 1.807) is 6.07 Å². The molecule has 5 rings (SSSR count). The normalized spacial score (nSPS) is 15.0. The zero-order valence-electron chi connectivity index (χ0n) is 17.9. The van der Waals surface area contributed by atoms with Crippen molar-refractivity contribution >= 4 is 38.0 Å². The van der Waals surface area contributed by atoms with Crippen molar-refractivity contribution in [3.63, 3.8) is 0 Å². The number of pyridine rings is 1. The van der Waals surface area contributed by atoms with Crippen LogP contribution in [0.2, 0.25) is 0 Å². The van der Waals surface area contributed by atoms with Gasteiger partial charge >= 0.3 is 0 Å². The summed E-state index contributed by atoms with van der Waals surface area (Å²) in [4.78, 5) is 19.2. The van der Waals surface area contributed by atoms with Crippen LogP contribution in [-0.2, 0) is 0 Å². The number of benzene rings is 2. The van der Waals surface area contributed by atoms with E-state index in [9.17, 15) is 9.18 Å². The molecular weight excluding hydrogens is 425 g/mol. The Bertz CT molecular complexity index is 1280. The zero-order chi connectivity index (χ0) is 21.9. The Kier molecular flexibility index (Phi) is 6.10. The molecule has 3 heterocycles. The predicted octanol–water partition coefficient (Wildman–Crippen LogP) is 4.86. The smallest absolute Gasteiger partial charge is 0.248 e. The SMILES string of the molecule is O=c1ccc2ccc(OCCCCN3CCN(c4cccc5sc(F)cc45)CC3)cc2[nH]1. The number of thiophene rings is 1. The van der Waals surface area contributed by atoms with Crippen LogP contribution < -0.4 is 15.2 Å². The minimum atomic E-state index is -0.120. The van der Waals surface area contributed by atoms with Crippen molar-refractivity contribution in [1.82, 2.24) is 9.88 Å². The van der Waals surface area contributed by atoms with Crippen LogP contribution in [0, 0.1) is 5.13 Å². The summed E-state index contributed by atoms with van der Waals surface area (Å²) in [6.45, 7) is 5.67. The van der Waals surface area contributed by atoms with E-state index in [0.717, 1.165) is 78.0 Å². The first-order valence-corrected chi connectivity index (χ1v) is 11.9. The second-order valence-electron chi connectivity index (χ2n) is 8.20. The van der Waals surface area contributed by atoms with Gasteiger partial charge in [-0.25, -0.2) is 0 Å². The topological polar surface area (TPSA) is 48.6 Å². The number of anilines is 1. The minimum absolute atomic E-state index is 0.103. The molecule has 1 aliphatic heterocycles. The second kappa shape index (κ2) is 9.30. The molecule has 0 unspecified atom stereocenters. The molecule has 32 heavy (non-hydrogen) atoms. The molecule has 0 atom stereocenters. The summed E-state index contributed by atoms with van der Waals surface area (Å²) >= 11 is 1.21. The molecule has 2 aromatic heterocycles. The number of unbranched alkanes of at least 4 members (excludes halogenated alkanes) is 1. The third kappa shape index (κ3) is 4.64. The Hall–Kier alpha value is -2.90. The molecule has 1 saturated heterocycles. The predicted molar refractivity (Wildman–Crippen MR) is 130 cm³/mol. The van der Waals surface area contributed by atoms with E-state index in [0.29, 0.717) is 6.61 Å². The lowest BCUT2D eigenvalue weighted by atomic mass is 10.1. The van der Waals surface area contributed by atoms with E-state index < -0.39 is 0 Å². The highest BCUT2D eigenvalue weighted by Crippen LogP contribution is 2.33. The Morgan fingerprint density at radius 3 is 2.72 bits per heavy atom. The molecular formula is C25H26FN3O2S. The van der Waals surface area contributed by atoms with Crippen LogP contribution in [0.1, 0.15) is 12.8 Å². The number of rotatable bonds is 7. The van der Waals surface area contributed by atoms with E-state index in [-0.39, 0.29) is 10.7 Å². The van der Waals surface area contributed by atoms with Crippen LogP contribution >= 0.6 is 11.3 Å². The lowest BCUT2D eigenvalue weighted by Crippen LogP contribution is -2.46. The van der Waals surface area contributed by atoms with Crippen LogP contribution in [0.3, 0.4) is 0 Å². The first-order chi connectivity index (χ1) is 15.7. The first kappa shape index (κ1) is 21.0. The molecule has 1 aliphatic rings. The van der Waals surface area contributed by atoms with Crippen molar-refractivity contribution in [2.45, 2.75) is 12.8 Å². The monoisotopic (exact) mass is 451 g/mol. The summed E-state index contributed by atoms with van der Waals surface area (Å²) in [7, 11) is 0. The quantitative estimate of drug-likeness (QED) is 0.408. The molecule has 0 aliphatic carbocycles. The highest BCUT2D eigenvalue weighted by atomic mass is 32.1. The van der Waals surface area contributed by atoms with Crippen molar-refractivity contribution in [2.75, 3.05) is 44.2 Å². The van der Waals surface area contributed by atoms with Crippen LogP contribution in [0.15, 0.2) is 59.4 Å². The molecule has 0 saturated carbocycles. The third-order valence-electron chi connectivity index (χ3n) is 6.06. The molecule has 1 N–H and O–H groups in total. The molecule has 1 fully saturated rings. The van der Waals surface area contributed by atoms with E-state index in [2.05, 4.69) is 20.9 Å². The van der Waals surface area contributed by atoms with Gasteiger partial charge in [0.25, 0.3) is 0 Å². The van der Waals surface area contributed by atoms with E-state index in [4.69, 9.17) is 4.74 Å². The minimum Gasteiger partial charge on any atom is -0.494 e. The first-order valence-electron chi connectivity index (χ1n) is 11.1. The van der Waals surface area contributed by atoms with Gasteiger partial charge in [0.05, 0.1) is 12.1 Å². The Labute approximate surface area is 190 Å². The summed E-state index contributed by atoms with van der Waals surface area (Å²) < 4.78 is 20.6. The number of H-pyrrole nitrogens is 1. The van der Waals surface area contributed by atoms with E-state index >= 15 is 0 Å². The van der Waals surface area contributed by atoms with E-state index in [1.807, 2.05) is 36.4 Å². The number of nitrogens with zero attached hydrogens (tertiary/aromatic N) is 2. The molecule has 7 heteroatoms. The third-order valence-corrected chi connectivity index (χ3v) is 6.94. The van der Waals surface area contributed by atoms with Crippen molar-refractivity contribution in [1.29, 1.82) is 0 Å². The largest absolute Gasteiger partial charge is 0.494 e. The number of halogens is 1. The summed E-state index contributed by atoms with van der Waals surface area (Å²) in [5.74, 6) is 0.784. The molecule has 0 spiro atoms. The van der Waals surface area contributed by atoms with Gasteiger partial charge in [0.2, 0.25) is 5.56 Å². The number of aromatic amines is 1. The van der Waals surface area contributed by atoms with Crippen LogP contribution in [0.4, 0.5) is 10.1 Å². The number of hydrogen-bond donors (Lipinski definition) is 1. The van der Waals surface area contributed by atoms with Crippen LogP contribution in [-0.4, -0.2) is 49.2 Å². The maximum absolute atomic E-state index is 13.7. The molecule has 0 radical (unpaired) electrons. The van der Waals surface area contributed by atoms with E-state index in [1.165, 1.54) is 17.4 Å². The molecule has 0 amide bonds. The standard InChI is InChI=1S/C25H26FN3O2S/c26-24-17-20-22(4-3-5-23(20)32-24)29-13-11-28(12-14-29)10-1-2-15-31-19-8-6-18-7-9-25(30)27-21(18)16-19/h3-9,16-17H,1-2,10-15H2,(H,27,30). The average molecular weight is 452 g/mol. The number of ether oxygens (including phenoxy) is 1. The number of nitrogens with one attached hydrogen (secondary N) is 1. The summed E-state index contributed by atoms with van der Waals surface area (Å²) in [5, 5.41) is 1.90. The summed E-state index contributed by atoms with van der Waals surface area (Å²) in [5.41, 5.74) is 1.84. The number of hydrogen-bond acceptors (Lipinski definition) is 5. The van der Waals surface area contributed by atoms with Gasteiger partial charge in [0.1, 0.15) is 5.75 Å². The summed E-state index contributed by atoms with van der Waals surface area (Å²) in [6, 6.07) is 16.9. The van der Waals surface area contributed by atoms with Gasteiger partial charge in [-0.3, -0.25) is 9.69 Å². The number of piperazine rings is 1. The Morgan fingerprint density at radius 1 is 1.00 bits per heavy atom. The van der Waals surface area contributed by atoms with Crippen molar-refractivity contribution in [2.24, 2.45) is 0 Å². The highest BCUT2D eigenvalue weighted by Gasteiger charge is 2.19. The van der Waals surface area contributed by atoms with Gasteiger partial charge in [-0.2, -0.15) is 4.39 Å². The fourth-order valence-electron chi connectivity index (χ4n) is 4.35. The maximum atomic E-state index is 13.7. The molecule has 0 bridgehead atoms. The molecule has 166 valence electrons. The molecule has 2 aromatic carbocycles. The van der Waals surface area contributed by atoms with Gasteiger partial charge < -0.3 is 14.6 Å². The Morgan fingerprint density at radius 2 is 1.84 bits per heavy atom. The van der Waals surface area contributed by atoms with Crippen molar-refractivity contribution in [3.8, 4) is 5.75 Å². The van der Waals surface area contributed by atoms with Crippen molar-refractivity contribution < 1.29 is 9.13 Å². The lowest BCUT2D eigenvalue weighted by molar-refractivity contribution is 0.239. The fourth-order valence-corrected chi connectivity index (χ4v) is 5.16. The van der Waals surface area contributed by atoms with Gasteiger partial charge in [-0.1, -0.05) is 6.07 Å². The second-order valence-corrected chi connectivity index (χ2v) is 9.23. The Balaban J connectivity index is 1.06. The van der Waals surface area contributed by atoms with Gasteiger partial charge in [0.15, 0.2) is 5.13 Å². The maximum Gasteiger partial charge on any atom is 0.248 e. The summed E-state index contributed by atoms with van der Waals surface area (Å²) in [6.07, 6.45) is 2.06. The molecule has 4 aromatic rings. The average Bonchev–Trinajstić information content (AvgIpc) is 3.19. The van der Waals surface area contributed by atoms with Gasteiger partial charge in [-0.05, 0) is 61.2 Å². The van der Waals surface area contributed by atoms with Crippen molar-refractivity contribution in [3.05, 3.63) is 70.1 Å². The fraction of sp³-hybridized carbons (Fsp3) is 0.320. The van der Waals surface area contributed by atoms with Gasteiger partial charge in [0, 0.05) is 54.1 Å². The van der Waals surface area contributed by atoms with Gasteiger partial charge in [-0.15, -0.1) is 11.3 Å².